The molecule has 0 aromatic heterocycles. The summed E-state index contributed by atoms with van der Waals surface area (Å²) in [6, 6.07) is 1.13. The van der Waals surface area contributed by atoms with Gasteiger partial charge in [-0.3, -0.25) is 24.2 Å². The van der Waals surface area contributed by atoms with Crippen molar-refractivity contribution in [1.82, 2.24) is 16.0 Å². The van der Waals surface area contributed by atoms with Gasteiger partial charge in [0.2, 0.25) is 23.6 Å². The number of aliphatic carboxylic acids is 1. The summed E-state index contributed by atoms with van der Waals surface area (Å²) >= 11 is 0. The van der Waals surface area contributed by atoms with Gasteiger partial charge in [-0.25, -0.2) is 4.79 Å². The number of rotatable bonds is 16. The molecule has 0 saturated carbocycles. The van der Waals surface area contributed by atoms with Crippen LogP contribution in [0.3, 0.4) is 0 Å². The van der Waals surface area contributed by atoms with Crippen LogP contribution in [0.5, 0.6) is 5.75 Å². The number of carbonyl (C=O) groups is 5. The number of phenolic OH excluding ortho intramolecular Hbond substituents is 1. The Morgan fingerprint density at radius 1 is 0.895 bits per heavy atom. The van der Waals surface area contributed by atoms with Crippen LogP contribution in [-0.2, 0) is 30.4 Å². The molecule has 0 aliphatic carbocycles. The summed E-state index contributed by atoms with van der Waals surface area (Å²) < 4.78 is 0. The molecule has 4 atom stereocenters. The average Bonchev–Trinajstić information content (AvgIpc) is 2.84. The highest BCUT2D eigenvalue weighted by molar-refractivity contribution is 5.94. The average molecular weight is 537 g/mol. The first kappa shape index (κ1) is 31.6. The number of phenols is 1. The van der Waals surface area contributed by atoms with E-state index >= 15 is 0 Å². The molecule has 0 aliphatic heterocycles. The lowest BCUT2D eigenvalue weighted by Crippen LogP contribution is -2.56. The largest absolute Gasteiger partial charge is 0.508 e. The van der Waals surface area contributed by atoms with Crippen molar-refractivity contribution in [3.05, 3.63) is 29.8 Å². The zero-order valence-corrected chi connectivity index (χ0v) is 21.1. The second kappa shape index (κ2) is 15.7. The van der Waals surface area contributed by atoms with E-state index in [9.17, 15) is 34.2 Å². The second-order valence-electron chi connectivity index (χ2n) is 8.62. The van der Waals surface area contributed by atoms with Crippen molar-refractivity contribution in [1.29, 1.82) is 0 Å². The van der Waals surface area contributed by atoms with E-state index in [0.29, 0.717) is 12.0 Å². The van der Waals surface area contributed by atoms with E-state index < -0.39 is 53.8 Å². The maximum atomic E-state index is 12.9. The lowest BCUT2D eigenvalue weighted by Gasteiger charge is -2.23. The Bertz CT molecular complexity index is 1010. The Hall–Kier alpha value is -4.40. The minimum Gasteiger partial charge on any atom is -0.508 e. The third-order valence-electron chi connectivity index (χ3n) is 5.36. The summed E-state index contributed by atoms with van der Waals surface area (Å²) in [4.78, 5) is 64.4. The van der Waals surface area contributed by atoms with Crippen molar-refractivity contribution in [3.8, 4) is 5.75 Å². The first-order valence-corrected chi connectivity index (χ1v) is 11.8. The molecule has 15 heteroatoms. The molecule has 0 bridgehead atoms. The lowest BCUT2D eigenvalue weighted by molar-refractivity contribution is -0.142. The van der Waals surface area contributed by atoms with Gasteiger partial charge in [-0.1, -0.05) is 12.1 Å². The van der Waals surface area contributed by atoms with Crippen molar-refractivity contribution >= 4 is 35.6 Å². The molecule has 0 radical (unpaired) electrons. The van der Waals surface area contributed by atoms with Gasteiger partial charge in [0.05, 0.1) is 6.04 Å². The summed E-state index contributed by atoms with van der Waals surface area (Å²) in [5.41, 5.74) is 22.0. The number of nitrogens with zero attached hydrogens (tertiary/aromatic N) is 1. The number of carboxylic acid groups (broad SMARTS) is 1. The Balaban J connectivity index is 2.84. The van der Waals surface area contributed by atoms with E-state index in [0.717, 1.165) is 0 Å². The molecule has 13 N–H and O–H groups in total. The van der Waals surface area contributed by atoms with E-state index in [2.05, 4.69) is 20.9 Å². The third-order valence-corrected chi connectivity index (χ3v) is 5.36. The van der Waals surface area contributed by atoms with Gasteiger partial charge in [0.15, 0.2) is 5.96 Å². The van der Waals surface area contributed by atoms with Gasteiger partial charge in [-0.05, 0) is 43.9 Å². The monoisotopic (exact) mass is 536 g/mol. The summed E-state index contributed by atoms with van der Waals surface area (Å²) in [7, 11) is 0. The second-order valence-corrected chi connectivity index (χ2v) is 8.62. The Morgan fingerprint density at radius 2 is 1.50 bits per heavy atom. The standard InChI is InChI=1S/C23H36N8O7/c1-12(19(34)31-17(22(37)38)11-13-4-6-14(32)7-5-13)29-21(36)16(3-2-10-28-23(26)27)30-20(35)15(24)8-9-18(25)33/h4-7,12,15-17,32H,2-3,8-11,24H2,1H3,(H2,25,33)(H,29,36)(H,30,35)(H,31,34)(H,37,38)(H4,26,27,28). The fraction of sp³-hybridized carbons (Fsp3) is 0.478. The van der Waals surface area contributed by atoms with Gasteiger partial charge in [0.1, 0.15) is 23.9 Å². The molecule has 1 rings (SSSR count). The highest BCUT2D eigenvalue weighted by Crippen LogP contribution is 2.11. The molecule has 4 amide bonds. The molecule has 0 spiro atoms. The van der Waals surface area contributed by atoms with Gasteiger partial charge < -0.3 is 49.1 Å². The predicted octanol–water partition coefficient (Wildman–Crippen LogP) is -2.86. The minimum atomic E-state index is -1.30. The van der Waals surface area contributed by atoms with Crippen molar-refractivity contribution in [2.45, 2.75) is 63.2 Å². The van der Waals surface area contributed by atoms with Gasteiger partial charge >= 0.3 is 5.97 Å². The zero-order chi connectivity index (χ0) is 28.8. The fourth-order valence-electron chi connectivity index (χ4n) is 3.22. The number of aromatic hydroxyl groups is 1. The zero-order valence-electron chi connectivity index (χ0n) is 21.1. The number of carbonyl (C=O) groups excluding carboxylic acids is 4. The Morgan fingerprint density at radius 3 is 2.05 bits per heavy atom. The van der Waals surface area contributed by atoms with E-state index in [4.69, 9.17) is 22.9 Å². The summed E-state index contributed by atoms with van der Waals surface area (Å²) in [6.07, 6.45) is 0.168. The molecule has 1 aromatic carbocycles. The van der Waals surface area contributed by atoms with E-state index in [-0.39, 0.29) is 43.9 Å². The number of benzene rings is 1. The quantitative estimate of drug-likeness (QED) is 0.0591. The number of nitrogens with one attached hydrogen (secondary N) is 3. The normalized spacial score (nSPS) is 13.7. The Labute approximate surface area is 219 Å². The van der Waals surface area contributed by atoms with E-state index in [1.54, 1.807) is 0 Å². The van der Waals surface area contributed by atoms with Crippen molar-refractivity contribution in [2.24, 2.45) is 27.9 Å². The third kappa shape index (κ3) is 12.0. The van der Waals surface area contributed by atoms with Crippen LogP contribution in [0.2, 0.25) is 0 Å². The number of primary amides is 1. The summed E-state index contributed by atoms with van der Waals surface area (Å²) in [5.74, 6) is -4.26. The van der Waals surface area contributed by atoms with Gasteiger partial charge in [-0.2, -0.15) is 0 Å². The topological polar surface area (TPSA) is 278 Å². The van der Waals surface area contributed by atoms with Crippen LogP contribution < -0.4 is 38.9 Å². The number of carboxylic acids is 1. The molecule has 0 aliphatic rings. The lowest BCUT2D eigenvalue weighted by atomic mass is 10.1. The molecule has 4 unspecified atom stereocenters. The SMILES string of the molecule is CC(NC(=O)C(CCCN=C(N)N)NC(=O)C(N)CCC(N)=O)C(=O)NC(Cc1ccc(O)cc1)C(=O)O. The van der Waals surface area contributed by atoms with Crippen LogP contribution in [0, 0.1) is 0 Å². The van der Waals surface area contributed by atoms with E-state index in [1.165, 1.54) is 31.2 Å². The van der Waals surface area contributed by atoms with Gasteiger partial charge in [-0.15, -0.1) is 0 Å². The van der Waals surface area contributed by atoms with Crippen molar-refractivity contribution in [3.63, 3.8) is 0 Å². The predicted molar refractivity (Wildman–Crippen MR) is 137 cm³/mol. The first-order chi connectivity index (χ1) is 17.8. The smallest absolute Gasteiger partial charge is 0.326 e. The molecule has 0 heterocycles. The van der Waals surface area contributed by atoms with Crippen LogP contribution in [-0.4, -0.2) is 76.5 Å². The van der Waals surface area contributed by atoms with Gasteiger partial charge in [0, 0.05) is 19.4 Å². The van der Waals surface area contributed by atoms with Crippen LogP contribution in [0.15, 0.2) is 29.3 Å². The molecule has 15 nitrogen and oxygen atoms in total. The molecule has 1 aromatic rings. The summed E-state index contributed by atoms with van der Waals surface area (Å²) in [6.45, 7) is 1.52. The number of guanidine groups is 1. The number of hydrogen-bond donors (Lipinski definition) is 9. The van der Waals surface area contributed by atoms with Crippen LogP contribution in [0.4, 0.5) is 0 Å². The van der Waals surface area contributed by atoms with Crippen LogP contribution in [0.1, 0.15) is 38.2 Å². The van der Waals surface area contributed by atoms with E-state index in [1.807, 2.05) is 0 Å². The van der Waals surface area contributed by atoms with Crippen molar-refractivity contribution < 1.29 is 34.2 Å². The molecule has 0 fully saturated rings. The Kier molecular flexibility index (Phi) is 13.0. The molecule has 210 valence electrons. The maximum Gasteiger partial charge on any atom is 0.326 e. The summed E-state index contributed by atoms with van der Waals surface area (Å²) in [5, 5.41) is 26.2. The fourth-order valence-corrected chi connectivity index (χ4v) is 3.22. The minimum absolute atomic E-state index is 0.00904. The first-order valence-electron chi connectivity index (χ1n) is 11.8. The number of hydrogen-bond acceptors (Lipinski definition) is 8. The van der Waals surface area contributed by atoms with Crippen LogP contribution in [0.25, 0.3) is 0 Å². The molecular weight excluding hydrogens is 500 g/mol. The molecule has 0 saturated heterocycles. The van der Waals surface area contributed by atoms with Gasteiger partial charge in [0.25, 0.3) is 0 Å². The van der Waals surface area contributed by atoms with Crippen LogP contribution >= 0.6 is 0 Å². The number of amides is 4. The highest BCUT2D eigenvalue weighted by Gasteiger charge is 2.28. The number of aliphatic imine (C=N–C) groups is 1. The maximum absolute atomic E-state index is 12.9. The van der Waals surface area contributed by atoms with Crippen molar-refractivity contribution in [2.75, 3.05) is 6.54 Å². The molecule has 38 heavy (non-hydrogen) atoms. The molecular formula is C23H36N8O7. The number of nitrogens with two attached hydrogens (primary N) is 4. The highest BCUT2D eigenvalue weighted by atomic mass is 16.4.